The van der Waals surface area contributed by atoms with E-state index in [1.807, 2.05) is 0 Å². The molecule has 0 fully saturated rings. The summed E-state index contributed by atoms with van der Waals surface area (Å²) >= 11 is 0. The highest BCUT2D eigenvalue weighted by atomic mass is 16.6. The minimum Gasteiger partial charge on any atom is -0.497 e. The molecular weight excluding hydrogens is 312 g/mol. The lowest BCUT2D eigenvalue weighted by molar-refractivity contribution is -0.384. The molecule has 124 valence electrons. The van der Waals surface area contributed by atoms with Gasteiger partial charge in [0.25, 0.3) is 11.6 Å². The fraction of sp³-hybridized carbons (Fsp3) is 0.235. The van der Waals surface area contributed by atoms with Gasteiger partial charge in [0.2, 0.25) is 0 Å². The van der Waals surface area contributed by atoms with Crippen LogP contribution in [0, 0.1) is 10.1 Å². The number of benzene rings is 2. The fourth-order valence-corrected chi connectivity index (χ4v) is 2.64. The van der Waals surface area contributed by atoms with Gasteiger partial charge >= 0.3 is 0 Å². The second-order valence-corrected chi connectivity index (χ2v) is 5.33. The van der Waals surface area contributed by atoms with Crippen molar-refractivity contribution < 1.29 is 19.2 Å². The number of ether oxygens (including phenoxy) is 2. The zero-order valence-corrected chi connectivity index (χ0v) is 13.1. The largest absolute Gasteiger partial charge is 0.497 e. The van der Waals surface area contributed by atoms with Crippen LogP contribution in [0.4, 0.5) is 11.4 Å². The lowest BCUT2D eigenvalue weighted by Gasteiger charge is -2.17. The molecule has 3 rings (SSSR count). The van der Waals surface area contributed by atoms with Gasteiger partial charge in [0.05, 0.1) is 17.7 Å². The Labute approximate surface area is 138 Å². The van der Waals surface area contributed by atoms with Crippen molar-refractivity contribution in [3.63, 3.8) is 0 Å². The number of hydrogen-bond acceptors (Lipinski definition) is 5. The van der Waals surface area contributed by atoms with Crippen LogP contribution in [-0.2, 0) is 11.2 Å². The fourth-order valence-electron chi connectivity index (χ4n) is 2.64. The van der Waals surface area contributed by atoms with Gasteiger partial charge in [-0.2, -0.15) is 0 Å². The summed E-state index contributed by atoms with van der Waals surface area (Å²) in [6.45, 7) is 0.371. The number of rotatable bonds is 5. The van der Waals surface area contributed by atoms with E-state index >= 15 is 0 Å². The van der Waals surface area contributed by atoms with Crippen LogP contribution in [0.1, 0.15) is 5.56 Å². The maximum Gasteiger partial charge on any atom is 0.271 e. The van der Waals surface area contributed by atoms with E-state index in [0.717, 1.165) is 5.56 Å². The van der Waals surface area contributed by atoms with Crippen molar-refractivity contribution in [2.24, 2.45) is 0 Å². The van der Waals surface area contributed by atoms with Crippen LogP contribution < -0.4 is 14.4 Å². The summed E-state index contributed by atoms with van der Waals surface area (Å²) in [6, 6.07) is 11.5. The number of methoxy groups -OCH3 is 1. The summed E-state index contributed by atoms with van der Waals surface area (Å²) in [7, 11) is 1.57. The normalized spacial score (nSPS) is 12.6. The average molecular weight is 328 g/mol. The molecule has 1 amide bonds. The van der Waals surface area contributed by atoms with E-state index in [2.05, 4.69) is 0 Å². The highest BCUT2D eigenvalue weighted by Gasteiger charge is 2.26. The Morgan fingerprint density at radius 2 is 1.92 bits per heavy atom. The van der Waals surface area contributed by atoms with Gasteiger partial charge in [-0.3, -0.25) is 14.9 Å². The summed E-state index contributed by atoms with van der Waals surface area (Å²) in [6.07, 6.45) is 0.682. The summed E-state index contributed by atoms with van der Waals surface area (Å²) in [4.78, 5) is 24.4. The number of hydrogen-bond donors (Lipinski definition) is 0. The third-order valence-corrected chi connectivity index (χ3v) is 3.90. The number of non-ortho nitro benzene ring substituents is 1. The van der Waals surface area contributed by atoms with E-state index in [1.54, 1.807) is 37.4 Å². The second kappa shape index (κ2) is 6.57. The van der Waals surface area contributed by atoms with E-state index < -0.39 is 4.92 Å². The predicted molar refractivity (Wildman–Crippen MR) is 87.6 cm³/mol. The van der Waals surface area contributed by atoms with E-state index in [0.29, 0.717) is 30.2 Å². The van der Waals surface area contributed by atoms with Crippen LogP contribution in [0.2, 0.25) is 0 Å². The Hall–Kier alpha value is -3.09. The molecule has 0 bridgehead atoms. The van der Waals surface area contributed by atoms with Gasteiger partial charge in [-0.1, -0.05) is 6.07 Å². The lowest BCUT2D eigenvalue weighted by atomic mass is 10.1. The monoisotopic (exact) mass is 328 g/mol. The van der Waals surface area contributed by atoms with Gasteiger partial charge < -0.3 is 14.4 Å². The van der Waals surface area contributed by atoms with E-state index in [9.17, 15) is 14.9 Å². The number of carbonyl (C=O) groups excluding carboxylic acids is 1. The van der Waals surface area contributed by atoms with Crippen molar-refractivity contribution in [2.45, 2.75) is 6.42 Å². The van der Waals surface area contributed by atoms with Crippen LogP contribution in [0.3, 0.4) is 0 Å². The zero-order chi connectivity index (χ0) is 17.1. The molecule has 7 nitrogen and oxygen atoms in total. The standard InChI is InChI=1S/C17H16N2O5/c1-23-14-4-6-15(7-5-14)24-11-17(20)18-9-8-12-2-3-13(19(21)22)10-16(12)18/h2-7,10H,8-9,11H2,1H3. The molecule has 0 atom stereocenters. The van der Waals surface area contributed by atoms with Crippen molar-refractivity contribution in [1.82, 2.24) is 0 Å². The Bertz CT molecular complexity index is 773. The molecule has 0 saturated heterocycles. The molecule has 0 unspecified atom stereocenters. The van der Waals surface area contributed by atoms with Gasteiger partial charge in [-0.15, -0.1) is 0 Å². The predicted octanol–water partition coefficient (Wildman–Crippen LogP) is 2.57. The molecule has 0 radical (unpaired) electrons. The van der Waals surface area contributed by atoms with Crippen molar-refractivity contribution in [2.75, 3.05) is 25.2 Å². The second-order valence-electron chi connectivity index (χ2n) is 5.33. The molecule has 0 N–H and O–H groups in total. The lowest BCUT2D eigenvalue weighted by Crippen LogP contribution is -2.33. The number of carbonyl (C=O) groups is 1. The van der Waals surface area contributed by atoms with E-state index in [-0.39, 0.29) is 18.2 Å². The Morgan fingerprint density at radius 3 is 2.58 bits per heavy atom. The topological polar surface area (TPSA) is 81.9 Å². The Balaban J connectivity index is 1.68. The van der Waals surface area contributed by atoms with Gasteiger partial charge in [-0.05, 0) is 36.2 Å². The van der Waals surface area contributed by atoms with E-state index in [4.69, 9.17) is 9.47 Å². The number of anilines is 1. The first kappa shape index (κ1) is 15.8. The average Bonchev–Trinajstić information content (AvgIpc) is 3.03. The molecule has 2 aromatic carbocycles. The number of nitro benzene ring substituents is 1. The van der Waals surface area contributed by atoms with Crippen LogP contribution >= 0.6 is 0 Å². The molecule has 2 aromatic rings. The summed E-state index contributed by atoms with van der Waals surface area (Å²) in [5.74, 6) is 1.03. The third kappa shape index (κ3) is 3.15. The molecule has 1 heterocycles. The highest BCUT2D eigenvalue weighted by molar-refractivity contribution is 5.96. The summed E-state index contributed by atoms with van der Waals surface area (Å²) in [5.41, 5.74) is 1.50. The molecule has 1 aliphatic heterocycles. The summed E-state index contributed by atoms with van der Waals surface area (Å²) in [5, 5.41) is 10.9. The molecule has 7 heteroatoms. The number of amides is 1. The van der Waals surface area contributed by atoms with Crippen molar-refractivity contribution >= 4 is 17.3 Å². The Kier molecular flexibility index (Phi) is 4.33. The minimum atomic E-state index is -0.463. The maximum absolute atomic E-state index is 12.4. The number of nitrogens with zero attached hydrogens (tertiary/aromatic N) is 2. The molecular formula is C17H16N2O5. The first-order chi connectivity index (χ1) is 11.6. The summed E-state index contributed by atoms with van der Waals surface area (Å²) < 4.78 is 10.6. The van der Waals surface area contributed by atoms with Crippen molar-refractivity contribution in [3.05, 3.63) is 58.1 Å². The Morgan fingerprint density at radius 1 is 1.21 bits per heavy atom. The number of nitro groups is 1. The minimum absolute atomic E-state index is 0.0236. The highest BCUT2D eigenvalue weighted by Crippen LogP contribution is 2.31. The maximum atomic E-state index is 12.4. The van der Waals surface area contributed by atoms with Crippen molar-refractivity contribution in [1.29, 1.82) is 0 Å². The third-order valence-electron chi connectivity index (χ3n) is 3.90. The smallest absolute Gasteiger partial charge is 0.271 e. The first-order valence-electron chi connectivity index (χ1n) is 7.43. The first-order valence-corrected chi connectivity index (χ1v) is 7.43. The van der Waals surface area contributed by atoms with Crippen molar-refractivity contribution in [3.8, 4) is 11.5 Å². The molecule has 0 aromatic heterocycles. The molecule has 1 aliphatic rings. The zero-order valence-electron chi connectivity index (χ0n) is 13.1. The van der Waals surface area contributed by atoms with Crippen LogP contribution in [0.25, 0.3) is 0 Å². The molecule has 0 saturated carbocycles. The quantitative estimate of drug-likeness (QED) is 0.622. The van der Waals surface area contributed by atoms with E-state index in [1.165, 1.54) is 17.0 Å². The van der Waals surface area contributed by atoms with Crippen LogP contribution in [0.15, 0.2) is 42.5 Å². The molecule has 0 aliphatic carbocycles. The van der Waals surface area contributed by atoms with Gasteiger partial charge in [0.1, 0.15) is 11.5 Å². The van der Waals surface area contributed by atoms with Crippen LogP contribution in [0.5, 0.6) is 11.5 Å². The van der Waals surface area contributed by atoms with Crippen LogP contribution in [-0.4, -0.2) is 31.1 Å². The SMILES string of the molecule is COc1ccc(OCC(=O)N2CCc3ccc([N+](=O)[O-])cc32)cc1. The number of fused-ring (bicyclic) bond motifs is 1. The van der Waals surface area contributed by atoms with Gasteiger partial charge in [0.15, 0.2) is 6.61 Å². The van der Waals surface area contributed by atoms with Gasteiger partial charge in [0, 0.05) is 18.7 Å². The molecule has 0 spiro atoms. The molecule has 24 heavy (non-hydrogen) atoms. The van der Waals surface area contributed by atoms with Gasteiger partial charge in [-0.25, -0.2) is 0 Å².